The van der Waals surface area contributed by atoms with Gasteiger partial charge in [0.15, 0.2) is 6.04 Å². The molecule has 12 nitrogen and oxygen atoms in total. The lowest BCUT2D eigenvalue weighted by atomic mass is 9.91. The first kappa shape index (κ1) is 20.7. The molecule has 1 fully saturated rings. The number of hydrogen-bond acceptors (Lipinski definition) is 7. The van der Waals surface area contributed by atoms with Gasteiger partial charge in [-0.25, -0.2) is 4.79 Å². The second-order valence-corrected chi connectivity index (χ2v) is 7.14. The molecule has 0 radical (unpaired) electrons. The molecule has 1 heterocycles. The van der Waals surface area contributed by atoms with Crippen LogP contribution in [0.4, 0.5) is 0 Å². The first-order valence-electron chi connectivity index (χ1n) is 6.83. The Bertz CT molecular complexity index is 652. The third-order valence-electron chi connectivity index (χ3n) is 3.81. The van der Waals surface area contributed by atoms with Crippen LogP contribution in [0.3, 0.4) is 0 Å². The van der Waals surface area contributed by atoms with E-state index in [2.05, 4.69) is 4.74 Å². The van der Waals surface area contributed by atoms with Gasteiger partial charge in [0.25, 0.3) is 0 Å². The summed E-state index contributed by atoms with van der Waals surface area (Å²) in [6.07, 6.45) is -2.98. The third kappa shape index (κ3) is 3.70. The van der Waals surface area contributed by atoms with Crippen LogP contribution < -0.4 is 0 Å². The van der Waals surface area contributed by atoms with E-state index in [1.54, 1.807) is 0 Å². The van der Waals surface area contributed by atoms with E-state index >= 15 is 0 Å². The standard InChI is InChI=1S/C12H16NO11P/c1-24-11(20)12(25(21,22)23,5-4-8(16)17)9(10(18)19)13-6(14)2-3-7(13)15/h9H,2-5H2,1H3,(H,16,17)(H,18,19)(H2,21,22,23)/t9-,12-/m1/s1. The molecule has 0 bridgehead atoms. The van der Waals surface area contributed by atoms with Crippen LogP contribution in [0.1, 0.15) is 25.7 Å². The van der Waals surface area contributed by atoms with E-state index in [4.69, 9.17) is 5.11 Å². The third-order valence-corrected chi connectivity index (χ3v) is 5.50. The number of carboxylic acid groups (broad SMARTS) is 2. The van der Waals surface area contributed by atoms with Crippen molar-refractivity contribution in [2.24, 2.45) is 0 Å². The van der Waals surface area contributed by atoms with E-state index in [-0.39, 0.29) is 4.90 Å². The van der Waals surface area contributed by atoms with Gasteiger partial charge in [0.2, 0.25) is 17.0 Å². The Morgan fingerprint density at radius 1 is 1.20 bits per heavy atom. The zero-order valence-electron chi connectivity index (χ0n) is 12.9. The fraction of sp³-hybridized carbons (Fsp3) is 0.583. The summed E-state index contributed by atoms with van der Waals surface area (Å²) in [5, 5.41) is 15.0. The number of hydrogen-bond donors (Lipinski definition) is 4. The van der Waals surface area contributed by atoms with Crippen LogP contribution in [-0.2, 0) is 33.3 Å². The van der Waals surface area contributed by atoms with Crippen molar-refractivity contribution in [1.82, 2.24) is 4.90 Å². The number of nitrogens with zero attached hydrogens (tertiary/aromatic N) is 1. The Labute approximate surface area is 140 Å². The fourth-order valence-corrected chi connectivity index (χ4v) is 3.94. The van der Waals surface area contributed by atoms with Gasteiger partial charge in [-0.3, -0.25) is 28.6 Å². The number of amides is 2. The lowest BCUT2D eigenvalue weighted by Gasteiger charge is -2.39. The SMILES string of the molecule is COC(=O)[C@@](CCC(=O)O)([C@@H](C(=O)O)N1C(=O)CCC1=O)P(=O)(O)O. The highest BCUT2D eigenvalue weighted by molar-refractivity contribution is 7.55. The van der Waals surface area contributed by atoms with Crippen LogP contribution in [-0.4, -0.2) is 72.9 Å². The Hall–Kier alpha value is -2.30. The average molecular weight is 381 g/mol. The highest BCUT2D eigenvalue weighted by Gasteiger charge is 2.66. The van der Waals surface area contributed by atoms with Crippen LogP contribution in [0.25, 0.3) is 0 Å². The fourth-order valence-electron chi connectivity index (χ4n) is 2.66. The predicted molar refractivity (Wildman–Crippen MR) is 76.2 cm³/mol. The number of methoxy groups -OCH3 is 1. The monoisotopic (exact) mass is 381 g/mol. The van der Waals surface area contributed by atoms with Gasteiger partial charge in [-0.2, -0.15) is 0 Å². The van der Waals surface area contributed by atoms with Crippen molar-refractivity contribution >= 4 is 37.3 Å². The van der Waals surface area contributed by atoms with E-state index in [1.807, 2.05) is 0 Å². The lowest BCUT2D eigenvalue weighted by molar-refractivity contribution is -0.162. The molecule has 1 saturated heterocycles. The highest BCUT2D eigenvalue weighted by Crippen LogP contribution is 2.57. The van der Waals surface area contributed by atoms with Crippen molar-refractivity contribution in [3.63, 3.8) is 0 Å². The van der Waals surface area contributed by atoms with Crippen LogP contribution in [0, 0.1) is 0 Å². The zero-order chi connectivity index (χ0) is 19.6. The first-order chi connectivity index (χ1) is 11.4. The summed E-state index contributed by atoms with van der Waals surface area (Å²) in [5.41, 5.74) is 0. The van der Waals surface area contributed by atoms with Gasteiger partial charge in [-0.05, 0) is 6.42 Å². The van der Waals surface area contributed by atoms with Crippen molar-refractivity contribution in [3.05, 3.63) is 0 Å². The molecule has 2 atom stereocenters. The molecule has 0 saturated carbocycles. The van der Waals surface area contributed by atoms with Crippen LogP contribution in [0.2, 0.25) is 0 Å². The molecule has 4 N–H and O–H groups in total. The smallest absolute Gasteiger partial charge is 0.345 e. The molecule has 1 aliphatic rings. The minimum Gasteiger partial charge on any atom is -0.481 e. The molecular weight excluding hydrogens is 365 g/mol. The maximum atomic E-state index is 12.2. The molecule has 25 heavy (non-hydrogen) atoms. The molecule has 140 valence electrons. The molecule has 1 aliphatic heterocycles. The topological polar surface area (TPSA) is 196 Å². The summed E-state index contributed by atoms with van der Waals surface area (Å²) in [6.45, 7) is 0. The van der Waals surface area contributed by atoms with E-state index < -0.39 is 74.2 Å². The van der Waals surface area contributed by atoms with Crippen molar-refractivity contribution in [3.8, 4) is 0 Å². The Morgan fingerprint density at radius 3 is 2.00 bits per heavy atom. The first-order valence-corrected chi connectivity index (χ1v) is 8.45. The minimum atomic E-state index is -5.72. The molecule has 0 unspecified atom stereocenters. The van der Waals surface area contributed by atoms with Crippen molar-refractivity contribution < 1.29 is 53.3 Å². The second-order valence-electron chi connectivity index (χ2n) is 5.25. The van der Waals surface area contributed by atoms with E-state index in [0.717, 1.165) is 0 Å². The number of esters is 1. The van der Waals surface area contributed by atoms with E-state index in [9.17, 15) is 43.4 Å². The number of carbonyl (C=O) groups is 5. The lowest BCUT2D eigenvalue weighted by Crippen LogP contribution is -2.62. The Balaban J connectivity index is 3.69. The largest absolute Gasteiger partial charge is 0.481 e. The Morgan fingerprint density at radius 2 is 1.68 bits per heavy atom. The van der Waals surface area contributed by atoms with Crippen molar-refractivity contribution in [2.75, 3.05) is 7.11 Å². The molecule has 0 aliphatic carbocycles. The van der Waals surface area contributed by atoms with Gasteiger partial charge in [0.05, 0.1) is 7.11 Å². The van der Waals surface area contributed by atoms with Crippen LogP contribution in [0.15, 0.2) is 0 Å². The number of likely N-dealkylation sites (tertiary alicyclic amines) is 1. The van der Waals surface area contributed by atoms with Gasteiger partial charge >= 0.3 is 25.5 Å². The summed E-state index contributed by atoms with van der Waals surface area (Å²) >= 11 is 0. The summed E-state index contributed by atoms with van der Waals surface area (Å²) in [4.78, 5) is 77.9. The van der Waals surface area contributed by atoms with Crippen molar-refractivity contribution in [2.45, 2.75) is 36.9 Å². The van der Waals surface area contributed by atoms with Crippen LogP contribution in [0.5, 0.6) is 0 Å². The summed E-state index contributed by atoms with van der Waals surface area (Å²) in [5.74, 6) is -7.46. The van der Waals surface area contributed by atoms with E-state index in [0.29, 0.717) is 7.11 Å². The van der Waals surface area contributed by atoms with Gasteiger partial charge in [-0.1, -0.05) is 0 Å². The number of imide groups is 1. The van der Waals surface area contributed by atoms with Crippen LogP contribution >= 0.6 is 7.60 Å². The average Bonchev–Trinajstić information content (AvgIpc) is 2.80. The molecule has 0 aromatic rings. The van der Waals surface area contributed by atoms with Gasteiger partial charge in [-0.15, -0.1) is 0 Å². The van der Waals surface area contributed by atoms with Gasteiger partial charge in [0.1, 0.15) is 0 Å². The molecule has 0 aromatic heterocycles. The number of ether oxygens (including phenoxy) is 1. The second kappa shape index (κ2) is 7.30. The summed E-state index contributed by atoms with van der Waals surface area (Å²) < 4.78 is 16.4. The quantitative estimate of drug-likeness (QED) is 0.218. The molecule has 13 heteroatoms. The predicted octanol–water partition coefficient (Wildman–Crippen LogP) is -1.46. The molecule has 0 spiro atoms. The maximum Gasteiger partial charge on any atom is 0.345 e. The zero-order valence-corrected chi connectivity index (χ0v) is 13.8. The number of carbonyl (C=O) groups excluding carboxylic acids is 3. The highest BCUT2D eigenvalue weighted by atomic mass is 31.2. The number of carboxylic acids is 2. The number of rotatable bonds is 8. The maximum absolute atomic E-state index is 12.2. The van der Waals surface area contributed by atoms with Crippen molar-refractivity contribution in [1.29, 1.82) is 0 Å². The number of aliphatic carboxylic acids is 2. The summed E-state index contributed by atoms with van der Waals surface area (Å²) in [6, 6.07) is -2.61. The van der Waals surface area contributed by atoms with E-state index in [1.165, 1.54) is 0 Å². The molecule has 0 aromatic carbocycles. The molecular formula is C12H16NO11P. The Kier molecular flexibility index (Phi) is 6.05. The van der Waals surface area contributed by atoms with Gasteiger partial charge in [0, 0.05) is 19.3 Å². The minimum absolute atomic E-state index is 0.0835. The van der Waals surface area contributed by atoms with Gasteiger partial charge < -0.3 is 24.7 Å². The normalized spacial score (nSPS) is 18.6. The summed E-state index contributed by atoms with van der Waals surface area (Å²) in [7, 11) is -5.01. The molecule has 1 rings (SSSR count). The molecule has 2 amide bonds.